The van der Waals surface area contributed by atoms with E-state index in [-0.39, 0.29) is 27.3 Å². The molecule has 0 aromatic heterocycles. The molecule has 1 aromatic rings. The molecule has 0 aliphatic heterocycles. The first-order valence-corrected chi connectivity index (χ1v) is 5.23. The number of phenolic OH excluding ortho intramolecular Hbond substituents is 2. The van der Waals surface area contributed by atoms with E-state index in [9.17, 15) is 15.0 Å². The molecule has 2 N–H and O–H groups in total. The second-order valence-electron chi connectivity index (χ2n) is 2.47. The number of carbonyl (C=O) groups excluding carboxylic acids is 1. The van der Waals surface area contributed by atoms with Crippen LogP contribution in [0.1, 0.15) is 17.3 Å². The molecule has 1 rings (SSSR count). The average molecular weight is 357 g/mol. The van der Waals surface area contributed by atoms with Crippen molar-refractivity contribution >= 4 is 44.3 Å². The van der Waals surface area contributed by atoms with Gasteiger partial charge in [0.2, 0.25) is 0 Å². The van der Waals surface area contributed by atoms with Gasteiger partial charge in [0.1, 0.15) is 16.0 Å². The summed E-state index contributed by atoms with van der Waals surface area (Å²) in [6.45, 7) is 1.36. The molecule has 0 bridgehead atoms. The smallest absolute Gasteiger partial charge is 0.163 e. The van der Waals surface area contributed by atoms with E-state index in [4.69, 9.17) is 0 Å². The predicted molar refractivity (Wildman–Crippen MR) is 60.2 cm³/mol. The standard InChI is InChI=1S/C8H6BrIO3/c1-3(11)4-2-5(10)8(13)6(9)7(4)12/h2,12-13H,1H3. The number of Topliss-reactive ketones (excluding diaryl/α,β-unsaturated/α-hetero) is 1. The Labute approximate surface area is 97.0 Å². The Balaban J connectivity index is 3.50. The normalized spacial score (nSPS) is 10.1. The monoisotopic (exact) mass is 356 g/mol. The Morgan fingerprint density at radius 2 is 2.00 bits per heavy atom. The fourth-order valence-electron chi connectivity index (χ4n) is 0.867. The Morgan fingerprint density at radius 3 is 2.46 bits per heavy atom. The SMILES string of the molecule is CC(=O)c1cc(I)c(O)c(Br)c1O. The van der Waals surface area contributed by atoms with Crippen LogP contribution in [0.4, 0.5) is 0 Å². The van der Waals surface area contributed by atoms with E-state index in [0.29, 0.717) is 3.57 Å². The maximum absolute atomic E-state index is 11.0. The van der Waals surface area contributed by atoms with Gasteiger partial charge in [-0.25, -0.2) is 0 Å². The van der Waals surface area contributed by atoms with Gasteiger partial charge in [0.15, 0.2) is 5.78 Å². The van der Waals surface area contributed by atoms with Crippen LogP contribution in [0.15, 0.2) is 10.5 Å². The number of hydrogen-bond donors (Lipinski definition) is 2. The van der Waals surface area contributed by atoms with Gasteiger partial charge in [-0.2, -0.15) is 0 Å². The van der Waals surface area contributed by atoms with Crippen LogP contribution in [0, 0.1) is 3.57 Å². The van der Waals surface area contributed by atoms with Crippen molar-refractivity contribution in [3.05, 3.63) is 19.7 Å². The van der Waals surface area contributed by atoms with E-state index in [2.05, 4.69) is 15.9 Å². The third-order valence-electron chi connectivity index (χ3n) is 1.55. The number of halogens is 2. The highest BCUT2D eigenvalue weighted by atomic mass is 127. The van der Waals surface area contributed by atoms with Crippen LogP contribution in [-0.4, -0.2) is 16.0 Å². The lowest BCUT2D eigenvalue weighted by molar-refractivity contribution is 0.101. The topological polar surface area (TPSA) is 57.5 Å². The molecule has 0 heterocycles. The molecule has 0 radical (unpaired) electrons. The summed E-state index contributed by atoms with van der Waals surface area (Å²) in [7, 11) is 0. The van der Waals surface area contributed by atoms with Crippen molar-refractivity contribution in [2.75, 3.05) is 0 Å². The highest BCUT2D eigenvalue weighted by Crippen LogP contribution is 2.39. The summed E-state index contributed by atoms with van der Waals surface area (Å²) in [5.41, 5.74) is 0.203. The molecule has 0 spiro atoms. The molecule has 0 saturated heterocycles. The van der Waals surface area contributed by atoms with Crippen LogP contribution < -0.4 is 0 Å². The summed E-state index contributed by atoms with van der Waals surface area (Å²) in [6.07, 6.45) is 0. The zero-order chi connectivity index (χ0) is 10.2. The third-order valence-corrected chi connectivity index (χ3v) is 3.12. The van der Waals surface area contributed by atoms with E-state index < -0.39 is 0 Å². The van der Waals surface area contributed by atoms with Crippen LogP contribution in [0.2, 0.25) is 0 Å². The maximum Gasteiger partial charge on any atom is 0.163 e. The van der Waals surface area contributed by atoms with Crippen LogP contribution in [-0.2, 0) is 0 Å². The quantitative estimate of drug-likeness (QED) is 0.600. The minimum absolute atomic E-state index is 0.0527. The molecule has 13 heavy (non-hydrogen) atoms. The van der Waals surface area contributed by atoms with Gasteiger partial charge in [-0.05, 0) is 51.5 Å². The van der Waals surface area contributed by atoms with Gasteiger partial charge in [0.05, 0.1) is 9.13 Å². The van der Waals surface area contributed by atoms with Crippen molar-refractivity contribution in [1.82, 2.24) is 0 Å². The van der Waals surface area contributed by atoms with Crippen LogP contribution >= 0.6 is 38.5 Å². The lowest BCUT2D eigenvalue weighted by Crippen LogP contribution is -1.94. The summed E-state index contributed by atoms with van der Waals surface area (Å²) < 4.78 is 0.678. The summed E-state index contributed by atoms with van der Waals surface area (Å²) in [5, 5.41) is 18.8. The number of aromatic hydroxyl groups is 2. The van der Waals surface area contributed by atoms with Gasteiger partial charge < -0.3 is 10.2 Å². The number of hydrogen-bond acceptors (Lipinski definition) is 3. The molecule has 3 nitrogen and oxygen atoms in total. The molecule has 70 valence electrons. The Bertz CT molecular complexity index is 376. The van der Waals surface area contributed by atoms with Gasteiger partial charge in [0.25, 0.3) is 0 Å². The number of phenols is 2. The molecule has 0 aliphatic carbocycles. The zero-order valence-electron chi connectivity index (χ0n) is 6.64. The maximum atomic E-state index is 11.0. The summed E-state index contributed by atoms with van der Waals surface area (Å²) in [6, 6.07) is 1.44. The second kappa shape index (κ2) is 3.83. The molecular weight excluding hydrogens is 351 g/mol. The molecule has 5 heteroatoms. The van der Waals surface area contributed by atoms with Crippen molar-refractivity contribution in [1.29, 1.82) is 0 Å². The fourth-order valence-corrected chi connectivity index (χ4v) is 2.25. The Morgan fingerprint density at radius 1 is 1.46 bits per heavy atom. The summed E-state index contributed by atoms with van der Waals surface area (Å²) in [5.74, 6) is -0.510. The number of benzene rings is 1. The largest absolute Gasteiger partial charge is 0.506 e. The van der Waals surface area contributed by atoms with E-state index in [1.165, 1.54) is 13.0 Å². The lowest BCUT2D eigenvalue weighted by Gasteiger charge is -2.06. The minimum Gasteiger partial charge on any atom is -0.506 e. The Kier molecular flexibility index (Phi) is 3.18. The first kappa shape index (κ1) is 10.8. The van der Waals surface area contributed by atoms with Crippen molar-refractivity contribution in [3.8, 4) is 11.5 Å². The van der Waals surface area contributed by atoms with Crippen LogP contribution in [0.5, 0.6) is 11.5 Å². The highest BCUT2D eigenvalue weighted by molar-refractivity contribution is 14.1. The molecule has 0 saturated carbocycles. The van der Waals surface area contributed by atoms with Crippen molar-refractivity contribution in [2.24, 2.45) is 0 Å². The molecule has 0 fully saturated rings. The summed E-state index contributed by atoms with van der Waals surface area (Å²) in [4.78, 5) is 11.0. The summed E-state index contributed by atoms with van der Waals surface area (Å²) >= 11 is 4.87. The Hall–Kier alpha value is -0.300. The van der Waals surface area contributed by atoms with E-state index in [1.807, 2.05) is 22.6 Å². The fraction of sp³-hybridized carbons (Fsp3) is 0.125. The van der Waals surface area contributed by atoms with E-state index >= 15 is 0 Å². The van der Waals surface area contributed by atoms with Crippen LogP contribution in [0.3, 0.4) is 0 Å². The molecule has 1 aromatic carbocycles. The van der Waals surface area contributed by atoms with Gasteiger partial charge >= 0.3 is 0 Å². The molecular formula is C8H6BrIO3. The zero-order valence-corrected chi connectivity index (χ0v) is 10.4. The predicted octanol–water partition coefficient (Wildman–Crippen LogP) is 2.67. The molecule has 0 aliphatic rings. The van der Waals surface area contributed by atoms with E-state index in [1.54, 1.807) is 0 Å². The highest BCUT2D eigenvalue weighted by Gasteiger charge is 2.16. The van der Waals surface area contributed by atoms with Gasteiger partial charge in [-0.1, -0.05) is 0 Å². The third kappa shape index (κ3) is 1.96. The lowest BCUT2D eigenvalue weighted by atomic mass is 10.1. The van der Waals surface area contributed by atoms with Gasteiger partial charge in [-0.3, -0.25) is 4.79 Å². The van der Waals surface area contributed by atoms with E-state index in [0.717, 1.165) is 0 Å². The molecule has 0 amide bonds. The molecule has 0 unspecified atom stereocenters. The first-order chi connectivity index (χ1) is 5.95. The van der Waals surface area contributed by atoms with Gasteiger partial charge in [0, 0.05) is 0 Å². The molecule has 0 atom stereocenters. The number of rotatable bonds is 1. The second-order valence-corrected chi connectivity index (χ2v) is 4.43. The number of ketones is 1. The number of carbonyl (C=O) groups is 1. The van der Waals surface area contributed by atoms with Crippen molar-refractivity contribution in [3.63, 3.8) is 0 Å². The van der Waals surface area contributed by atoms with Crippen LogP contribution in [0.25, 0.3) is 0 Å². The van der Waals surface area contributed by atoms with Gasteiger partial charge in [-0.15, -0.1) is 0 Å². The van der Waals surface area contributed by atoms with Crippen molar-refractivity contribution < 1.29 is 15.0 Å². The minimum atomic E-state index is -0.240. The average Bonchev–Trinajstić information content (AvgIpc) is 2.07. The first-order valence-electron chi connectivity index (χ1n) is 3.36. The van der Waals surface area contributed by atoms with Crippen molar-refractivity contribution in [2.45, 2.75) is 6.92 Å².